The highest BCUT2D eigenvalue weighted by molar-refractivity contribution is 5.70. The van der Waals surface area contributed by atoms with Crippen molar-refractivity contribution in [2.75, 3.05) is 26.4 Å². The molecule has 0 aromatic carbocycles. The van der Waals surface area contributed by atoms with E-state index >= 15 is 0 Å². The van der Waals surface area contributed by atoms with E-state index in [1.54, 1.807) is 0 Å². The van der Waals surface area contributed by atoms with Crippen LogP contribution < -0.4 is 0 Å². The second-order valence-corrected chi connectivity index (χ2v) is 15.2. The molecule has 0 aromatic rings. The number of aliphatic hydroxyl groups excluding tert-OH is 7. The smallest absolute Gasteiger partial charge is 0.306 e. The molecule has 0 spiro atoms. The van der Waals surface area contributed by atoms with Gasteiger partial charge in [-0.3, -0.25) is 9.59 Å². The first-order valence-corrected chi connectivity index (χ1v) is 21.9. The molecule has 0 amide bonds. The van der Waals surface area contributed by atoms with Crippen LogP contribution in [0.4, 0.5) is 0 Å². The number of hydrogen-bond donors (Lipinski definition) is 7. The highest BCUT2D eigenvalue weighted by Gasteiger charge is 2.47. The van der Waals surface area contributed by atoms with E-state index < -0.39 is 99.3 Å². The van der Waals surface area contributed by atoms with Gasteiger partial charge in [-0.1, -0.05) is 113 Å². The fourth-order valence-corrected chi connectivity index (χ4v) is 6.37. The summed E-state index contributed by atoms with van der Waals surface area (Å²) in [5.41, 5.74) is 0. The third kappa shape index (κ3) is 21.8. The van der Waals surface area contributed by atoms with Gasteiger partial charge in [-0.15, -0.1) is 0 Å². The Morgan fingerprint density at radius 2 is 1.05 bits per heavy atom. The highest BCUT2D eigenvalue weighted by atomic mass is 16.7. The Bertz CT molecular complexity index is 1280. The molecule has 2 heterocycles. The summed E-state index contributed by atoms with van der Waals surface area (Å²) in [5.74, 6) is -0.992. The summed E-state index contributed by atoms with van der Waals surface area (Å²) in [6, 6.07) is 0. The largest absolute Gasteiger partial charge is 0.462 e. The van der Waals surface area contributed by atoms with Crippen LogP contribution in [-0.4, -0.2) is 142 Å². The van der Waals surface area contributed by atoms with Gasteiger partial charge < -0.3 is 64.2 Å². The molecule has 0 radical (unpaired) electrons. The van der Waals surface area contributed by atoms with Crippen molar-refractivity contribution in [1.82, 2.24) is 0 Å². The molecule has 0 aromatic heterocycles. The van der Waals surface area contributed by atoms with Gasteiger partial charge >= 0.3 is 11.9 Å². The molecule has 5 unspecified atom stereocenters. The lowest BCUT2D eigenvalue weighted by atomic mass is 9.98. The molecule has 344 valence electrons. The lowest BCUT2D eigenvalue weighted by Crippen LogP contribution is -2.61. The van der Waals surface area contributed by atoms with E-state index in [0.717, 1.165) is 64.2 Å². The number of carbonyl (C=O) groups excluding carboxylic acids is 2. The number of allylic oxidation sites excluding steroid dienone is 10. The minimum atomic E-state index is -1.77. The van der Waals surface area contributed by atoms with Gasteiger partial charge in [0, 0.05) is 12.8 Å². The Morgan fingerprint density at radius 3 is 1.67 bits per heavy atom. The molecule has 0 aliphatic carbocycles. The van der Waals surface area contributed by atoms with E-state index in [2.05, 4.69) is 44.2 Å². The van der Waals surface area contributed by atoms with Crippen LogP contribution in [0.25, 0.3) is 0 Å². The molecule has 2 aliphatic heterocycles. The normalized spacial score (nSPS) is 28.1. The predicted octanol–water partition coefficient (Wildman–Crippen LogP) is 4.14. The molecule has 2 aliphatic rings. The quantitative estimate of drug-likeness (QED) is 0.0295. The molecular formula is C45H74O15. The summed E-state index contributed by atoms with van der Waals surface area (Å²) < 4.78 is 33.3. The summed E-state index contributed by atoms with van der Waals surface area (Å²) in [6.07, 6.45) is 17.1. The minimum Gasteiger partial charge on any atom is -0.462 e. The van der Waals surface area contributed by atoms with Gasteiger partial charge in [-0.05, 0) is 51.4 Å². The molecule has 0 bridgehead atoms. The van der Waals surface area contributed by atoms with Crippen molar-refractivity contribution >= 4 is 11.9 Å². The van der Waals surface area contributed by atoms with Crippen molar-refractivity contribution in [1.29, 1.82) is 0 Å². The molecule has 60 heavy (non-hydrogen) atoms. The second-order valence-electron chi connectivity index (χ2n) is 15.2. The van der Waals surface area contributed by atoms with Gasteiger partial charge in [0.2, 0.25) is 0 Å². The number of hydrogen-bond acceptors (Lipinski definition) is 15. The number of unbranched alkanes of at least 4 members (excludes halogenated alkanes) is 10. The fourth-order valence-electron chi connectivity index (χ4n) is 6.37. The summed E-state index contributed by atoms with van der Waals surface area (Å²) in [4.78, 5) is 25.5. The first-order valence-electron chi connectivity index (χ1n) is 21.9. The van der Waals surface area contributed by atoms with Gasteiger partial charge in [-0.25, -0.2) is 0 Å². The van der Waals surface area contributed by atoms with Gasteiger partial charge in [0.15, 0.2) is 18.7 Å². The Kier molecular flexibility index (Phi) is 29.2. The number of ether oxygens (including phenoxy) is 6. The number of aliphatic hydroxyl groups is 7. The summed E-state index contributed by atoms with van der Waals surface area (Å²) >= 11 is 0. The molecule has 7 N–H and O–H groups in total. The van der Waals surface area contributed by atoms with E-state index in [-0.39, 0.29) is 19.4 Å². The average Bonchev–Trinajstić information content (AvgIpc) is 3.24. The van der Waals surface area contributed by atoms with Crippen LogP contribution >= 0.6 is 0 Å². The van der Waals surface area contributed by atoms with Crippen LogP contribution in [0.2, 0.25) is 0 Å². The van der Waals surface area contributed by atoms with Crippen molar-refractivity contribution in [3.8, 4) is 0 Å². The van der Waals surface area contributed by atoms with E-state index in [9.17, 15) is 45.3 Å². The third-order valence-electron chi connectivity index (χ3n) is 10.1. The lowest BCUT2D eigenvalue weighted by Gasteiger charge is -2.42. The van der Waals surface area contributed by atoms with E-state index in [1.165, 1.54) is 12.8 Å². The van der Waals surface area contributed by atoms with E-state index in [1.807, 2.05) is 30.4 Å². The zero-order valence-electron chi connectivity index (χ0n) is 35.7. The fraction of sp³-hybridized carbons (Fsp3) is 0.733. The van der Waals surface area contributed by atoms with Crippen molar-refractivity contribution in [2.24, 2.45) is 0 Å². The molecule has 2 saturated heterocycles. The molecule has 2 fully saturated rings. The van der Waals surface area contributed by atoms with Crippen molar-refractivity contribution < 1.29 is 73.8 Å². The first kappa shape index (κ1) is 53.3. The molecule has 15 heteroatoms. The van der Waals surface area contributed by atoms with Gasteiger partial charge in [0.1, 0.15) is 55.4 Å². The number of rotatable bonds is 31. The number of esters is 2. The van der Waals surface area contributed by atoms with Crippen molar-refractivity contribution in [2.45, 2.75) is 184 Å². The SMILES string of the molecule is CC/C=C/C=C/C=C/CCCCCCCC(=O)OC(COC(=O)CCCCC/C=C/C=C/CCCC)CO[C@@H]1O[C@H](CO[C@@H]2O[C@H](CO)[C@H](O)C(O)C2O)[C@H](O)C(O)C1O. The molecule has 11 atom stereocenters. The maximum atomic E-state index is 12.9. The lowest BCUT2D eigenvalue weighted by molar-refractivity contribution is -0.332. The Balaban J connectivity index is 1.90. The maximum Gasteiger partial charge on any atom is 0.306 e. The second kappa shape index (κ2) is 32.9. The van der Waals surface area contributed by atoms with Gasteiger partial charge in [-0.2, -0.15) is 0 Å². The van der Waals surface area contributed by atoms with Gasteiger partial charge in [0.05, 0.1) is 19.8 Å². The predicted molar refractivity (Wildman–Crippen MR) is 224 cm³/mol. The third-order valence-corrected chi connectivity index (χ3v) is 10.1. The van der Waals surface area contributed by atoms with Crippen LogP contribution in [0.15, 0.2) is 60.8 Å². The van der Waals surface area contributed by atoms with E-state index in [4.69, 9.17) is 28.4 Å². The topological polar surface area (TPSA) is 231 Å². The van der Waals surface area contributed by atoms with Crippen LogP contribution in [0.1, 0.15) is 117 Å². The summed E-state index contributed by atoms with van der Waals surface area (Å²) in [6.45, 7) is 2.30. The van der Waals surface area contributed by atoms with Gasteiger partial charge in [0.25, 0.3) is 0 Å². The molecule has 2 rings (SSSR count). The van der Waals surface area contributed by atoms with E-state index in [0.29, 0.717) is 12.8 Å². The molecule has 0 saturated carbocycles. The first-order chi connectivity index (χ1) is 29.0. The highest BCUT2D eigenvalue weighted by Crippen LogP contribution is 2.26. The van der Waals surface area contributed by atoms with Crippen LogP contribution in [0, 0.1) is 0 Å². The van der Waals surface area contributed by atoms with Crippen molar-refractivity contribution in [3.05, 3.63) is 60.8 Å². The average molecular weight is 855 g/mol. The monoisotopic (exact) mass is 855 g/mol. The van der Waals surface area contributed by atoms with Crippen LogP contribution in [-0.2, 0) is 38.0 Å². The maximum absolute atomic E-state index is 12.9. The summed E-state index contributed by atoms with van der Waals surface area (Å²) in [7, 11) is 0. The zero-order chi connectivity index (χ0) is 44.0. The van der Waals surface area contributed by atoms with Crippen LogP contribution in [0.3, 0.4) is 0 Å². The summed E-state index contributed by atoms with van der Waals surface area (Å²) in [5, 5.41) is 71.8. The standard InChI is InChI=1S/C45H74O15/c1-3-5-7-9-11-13-15-16-18-20-22-24-26-28-37(48)58-33(30-55-36(47)27-25-23-21-19-17-14-12-10-8-6-4-2)31-56-44-43(54)41(52)39(50)35(60-44)32-57-45-42(53)40(51)38(49)34(29-46)59-45/h5,7,9-15,17,33-35,38-46,49-54H,3-4,6,8,16,18-32H2,1-2H3/b7-5+,11-9+,12-10+,15-13+,17-14+/t33?,34-,35-,38+,39+,40?,41?,42?,43?,44-,45-/m1/s1. The molecular weight excluding hydrogens is 780 g/mol. The Labute approximate surface area is 356 Å². The molecule has 15 nitrogen and oxygen atoms in total. The number of carbonyl (C=O) groups is 2. The Morgan fingerprint density at radius 1 is 0.550 bits per heavy atom. The minimum absolute atomic E-state index is 0.133. The Hall–Kier alpha value is -2.80. The van der Waals surface area contributed by atoms with Crippen molar-refractivity contribution in [3.63, 3.8) is 0 Å². The van der Waals surface area contributed by atoms with Crippen LogP contribution in [0.5, 0.6) is 0 Å². The zero-order valence-corrected chi connectivity index (χ0v) is 35.7.